The lowest BCUT2D eigenvalue weighted by atomic mass is 10.2. The highest BCUT2D eigenvalue weighted by Crippen LogP contribution is 2.21. The second-order valence-corrected chi connectivity index (χ2v) is 8.22. The van der Waals surface area contributed by atoms with Crippen molar-refractivity contribution in [2.24, 2.45) is 0 Å². The largest absolute Gasteiger partial charge is 0.368 e. The number of rotatable bonds is 4. The molecule has 162 valence electrons. The molecule has 0 atom stereocenters. The summed E-state index contributed by atoms with van der Waals surface area (Å²) in [5.74, 6) is 0.680. The van der Waals surface area contributed by atoms with Gasteiger partial charge in [-0.25, -0.2) is 9.97 Å². The van der Waals surface area contributed by atoms with Gasteiger partial charge in [0.15, 0.2) is 0 Å². The summed E-state index contributed by atoms with van der Waals surface area (Å²) in [5, 5.41) is 3.51. The van der Waals surface area contributed by atoms with Crippen molar-refractivity contribution in [2.75, 3.05) is 41.3 Å². The number of benzene rings is 1. The van der Waals surface area contributed by atoms with Gasteiger partial charge in [-0.3, -0.25) is 9.20 Å². The van der Waals surface area contributed by atoms with Crippen LogP contribution >= 0.6 is 11.6 Å². The molecule has 1 aromatic carbocycles. The first-order chi connectivity index (χ1) is 15.6. The number of hydrogen-bond acceptors (Lipinski definition) is 5. The highest BCUT2D eigenvalue weighted by Gasteiger charge is 2.19. The summed E-state index contributed by atoms with van der Waals surface area (Å²) >= 11 is 6.04. The van der Waals surface area contributed by atoms with Crippen molar-refractivity contribution in [2.45, 2.75) is 6.92 Å². The van der Waals surface area contributed by atoms with Crippen molar-refractivity contribution in [1.82, 2.24) is 14.4 Å². The molecule has 8 heteroatoms. The van der Waals surface area contributed by atoms with E-state index in [0.29, 0.717) is 27.7 Å². The van der Waals surface area contributed by atoms with Crippen LogP contribution in [0.3, 0.4) is 0 Å². The zero-order valence-corrected chi connectivity index (χ0v) is 18.5. The monoisotopic (exact) mass is 446 g/mol. The summed E-state index contributed by atoms with van der Waals surface area (Å²) in [7, 11) is 0. The van der Waals surface area contributed by atoms with E-state index in [-0.39, 0.29) is 5.91 Å². The van der Waals surface area contributed by atoms with Gasteiger partial charge in [-0.1, -0.05) is 29.8 Å². The van der Waals surface area contributed by atoms with Crippen LogP contribution in [0.2, 0.25) is 5.02 Å². The van der Waals surface area contributed by atoms with Crippen LogP contribution in [-0.4, -0.2) is 46.5 Å². The molecule has 1 saturated heterocycles. The summed E-state index contributed by atoms with van der Waals surface area (Å²) in [5.41, 5.74) is 3.67. The summed E-state index contributed by atoms with van der Waals surface area (Å²) in [6, 6.07) is 17.8. The van der Waals surface area contributed by atoms with Crippen LogP contribution in [0.25, 0.3) is 5.65 Å². The van der Waals surface area contributed by atoms with Gasteiger partial charge in [-0.15, -0.1) is 0 Å². The number of aromatic nitrogens is 3. The molecule has 3 aromatic heterocycles. The number of hydrogen-bond donors (Lipinski definition) is 1. The molecule has 1 N–H and O–H groups in total. The van der Waals surface area contributed by atoms with Gasteiger partial charge >= 0.3 is 0 Å². The second kappa shape index (κ2) is 8.51. The Balaban J connectivity index is 1.25. The number of piperazine rings is 1. The van der Waals surface area contributed by atoms with E-state index in [9.17, 15) is 4.79 Å². The van der Waals surface area contributed by atoms with Crippen LogP contribution in [0.1, 0.15) is 16.2 Å². The Morgan fingerprint density at radius 1 is 1.00 bits per heavy atom. The smallest absolute Gasteiger partial charge is 0.274 e. The zero-order chi connectivity index (χ0) is 22.1. The third kappa shape index (κ3) is 3.99. The van der Waals surface area contributed by atoms with E-state index in [1.54, 1.807) is 28.9 Å². The molecule has 0 radical (unpaired) electrons. The van der Waals surface area contributed by atoms with Crippen molar-refractivity contribution in [1.29, 1.82) is 0 Å². The molecule has 0 saturated carbocycles. The molecule has 0 bridgehead atoms. The summed E-state index contributed by atoms with van der Waals surface area (Å²) in [6.45, 7) is 5.50. The minimum Gasteiger partial charge on any atom is -0.368 e. The van der Waals surface area contributed by atoms with Gasteiger partial charge in [-0.2, -0.15) is 0 Å². The normalized spacial score (nSPS) is 14.1. The second-order valence-electron chi connectivity index (χ2n) is 7.79. The van der Waals surface area contributed by atoms with Crippen LogP contribution in [0.4, 0.5) is 17.2 Å². The van der Waals surface area contributed by atoms with Crippen molar-refractivity contribution in [3.63, 3.8) is 0 Å². The molecular formula is C24H23ClN6O. The van der Waals surface area contributed by atoms with E-state index in [1.807, 2.05) is 25.1 Å². The lowest BCUT2D eigenvalue weighted by Crippen LogP contribution is -2.46. The van der Waals surface area contributed by atoms with Gasteiger partial charge in [0.05, 0.1) is 17.6 Å². The lowest BCUT2D eigenvalue weighted by molar-refractivity contribution is 0.102. The van der Waals surface area contributed by atoms with Crippen molar-refractivity contribution in [3.05, 3.63) is 83.4 Å². The Morgan fingerprint density at radius 3 is 2.47 bits per heavy atom. The predicted molar refractivity (Wildman–Crippen MR) is 128 cm³/mol. The molecule has 0 aliphatic carbocycles. The van der Waals surface area contributed by atoms with Crippen LogP contribution in [0.5, 0.6) is 0 Å². The molecule has 4 heterocycles. The van der Waals surface area contributed by atoms with Gasteiger partial charge in [0.25, 0.3) is 5.91 Å². The number of carbonyl (C=O) groups excluding carboxylic acids is 1. The highest BCUT2D eigenvalue weighted by atomic mass is 35.5. The Hall–Kier alpha value is -3.58. The molecule has 1 amide bonds. The first kappa shape index (κ1) is 20.3. The van der Waals surface area contributed by atoms with E-state index >= 15 is 0 Å². The summed E-state index contributed by atoms with van der Waals surface area (Å²) < 4.78 is 1.74. The molecule has 32 heavy (non-hydrogen) atoms. The molecule has 5 rings (SSSR count). The zero-order valence-electron chi connectivity index (χ0n) is 17.7. The number of anilines is 3. The number of amides is 1. The quantitative estimate of drug-likeness (QED) is 0.507. The highest BCUT2D eigenvalue weighted by molar-refractivity contribution is 6.30. The molecule has 0 spiro atoms. The topological polar surface area (TPSA) is 65.8 Å². The van der Waals surface area contributed by atoms with Gasteiger partial charge in [-0.05, 0) is 37.3 Å². The van der Waals surface area contributed by atoms with Gasteiger partial charge in [0, 0.05) is 49.2 Å². The SMILES string of the molecule is Cc1nc2cc(Cl)ccn2c1C(=O)Nc1ccc(N2CCN(c3ccccc3)CC2)nc1. The number of fused-ring (bicyclic) bond motifs is 1. The maximum Gasteiger partial charge on any atom is 0.274 e. The number of nitrogens with one attached hydrogen (secondary N) is 1. The van der Waals surface area contributed by atoms with Gasteiger partial charge < -0.3 is 15.1 Å². The molecular weight excluding hydrogens is 424 g/mol. The van der Waals surface area contributed by atoms with E-state index in [4.69, 9.17) is 11.6 Å². The molecule has 1 aliphatic rings. The van der Waals surface area contributed by atoms with E-state index < -0.39 is 0 Å². The van der Waals surface area contributed by atoms with Crippen molar-refractivity contribution < 1.29 is 4.79 Å². The van der Waals surface area contributed by atoms with Crippen LogP contribution < -0.4 is 15.1 Å². The van der Waals surface area contributed by atoms with E-state index in [2.05, 4.69) is 49.4 Å². The van der Waals surface area contributed by atoms with Gasteiger partial charge in [0.1, 0.15) is 17.2 Å². The summed E-state index contributed by atoms with van der Waals surface area (Å²) in [4.78, 5) is 26.6. The van der Waals surface area contributed by atoms with E-state index in [0.717, 1.165) is 32.0 Å². The number of pyridine rings is 2. The Kier molecular flexibility index (Phi) is 5.41. The molecule has 1 aliphatic heterocycles. The average molecular weight is 447 g/mol. The lowest BCUT2D eigenvalue weighted by Gasteiger charge is -2.36. The predicted octanol–water partition coefficient (Wildman–Crippen LogP) is 4.27. The number of imidazole rings is 1. The molecule has 0 unspecified atom stereocenters. The van der Waals surface area contributed by atoms with Crippen LogP contribution in [-0.2, 0) is 0 Å². The first-order valence-corrected chi connectivity index (χ1v) is 10.9. The number of halogens is 1. The van der Waals surface area contributed by atoms with Crippen molar-refractivity contribution >= 4 is 40.3 Å². The molecule has 4 aromatic rings. The standard InChI is InChI=1S/C24H23ClN6O/c1-17-23(31-10-9-18(25)15-22(31)27-17)24(32)28-19-7-8-21(26-16-19)30-13-11-29(12-14-30)20-5-3-2-4-6-20/h2-10,15-16H,11-14H2,1H3,(H,28,32). The minimum absolute atomic E-state index is 0.233. The third-order valence-corrected chi connectivity index (χ3v) is 5.94. The van der Waals surface area contributed by atoms with Crippen LogP contribution in [0.15, 0.2) is 67.0 Å². The van der Waals surface area contributed by atoms with Crippen molar-refractivity contribution in [3.8, 4) is 0 Å². The Labute approximate surface area is 191 Å². The fraction of sp³-hybridized carbons (Fsp3) is 0.208. The minimum atomic E-state index is -0.233. The molecule has 1 fully saturated rings. The Bertz CT molecular complexity index is 1250. The number of nitrogens with zero attached hydrogens (tertiary/aromatic N) is 5. The fourth-order valence-corrected chi connectivity index (χ4v) is 4.23. The number of para-hydroxylation sites is 1. The average Bonchev–Trinajstić information content (AvgIpc) is 3.15. The maximum absolute atomic E-state index is 12.9. The fourth-order valence-electron chi connectivity index (χ4n) is 4.08. The Morgan fingerprint density at radius 2 is 1.75 bits per heavy atom. The number of carbonyl (C=O) groups is 1. The first-order valence-electron chi connectivity index (χ1n) is 10.5. The third-order valence-electron chi connectivity index (χ3n) is 5.71. The van der Waals surface area contributed by atoms with E-state index in [1.165, 1.54) is 5.69 Å². The molecule has 7 nitrogen and oxygen atoms in total. The summed E-state index contributed by atoms with van der Waals surface area (Å²) in [6.07, 6.45) is 3.45. The maximum atomic E-state index is 12.9. The number of aryl methyl sites for hydroxylation is 1. The van der Waals surface area contributed by atoms with Crippen LogP contribution in [0, 0.1) is 6.92 Å². The van der Waals surface area contributed by atoms with Gasteiger partial charge in [0.2, 0.25) is 0 Å².